The molecule has 1 atom stereocenters. The number of nitro groups is 1. The van der Waals surface area contributed by atoms with Gasteiger partial charge in [0.2, 0.25) is 0 Å². The van der Waals surface area contributed by atoms with Crippen LogP contribution in [0.4, 0.5) is 10.1 Å². The van der Waals surface area contributed by atoms with E-state index in [4.69, 9.17) is 0 Å². The van der Waals surface area contributed by atoms with Crippen LogP contribution in [0.25, 0.3) is 0 Å². The molecule has 0 spiro atoms. The molecule has 1 aliphatic rings. The summed E-state index contributed by atoms with van der Waals surface area (Å²) in [5, 5.41) is 13.7. The van der Waals surface area contributed by atoms with Gasteiger partial charge in [-0.25, -0.2) is 4.39 Å². The summed E-state index contributed by atoms with van der Waals surface area (Å²) < 4.78 is 13.1. The number of hydrogen-bond acceptors (Lipinski definition) is 3. The quantitative estimate of drug-likeness (QED) is 0.601. The van der Waals surface area contributed by atoms with Crippen LogP contribution in [0, 0.1) is 15.9 Å². The van der Waals surface area contributed by atoms with Gasteiger partial charge in [-0.1, -0.05) is 0 Å². The molecule has 1 N–H and O–H groups in total. The molecule has 0 saturated carbocycles. The molecule has 0 aromatic heterocycles. The number of hydrogen-bond donors (Lipinski definition) is 1. The number of benzene rings is 1. The molecule has 2 rings (SSSR count). The summed E-state index contributed by atoms with van der Waals surface area (Å²) in [6.07, 6.45) is 1.93. The lowest BCUT2D eigenvalue weighted by atomic mass is 10.0. The number of nitrogens with one attached hydrogen (secondary N) is 1. The van der Waals surface area contributed by atoms with Gasteiger partial charge >= 0.3 is 0 Å². The molecule has 0 amide bonds. The first-order valence-corrected chi connectivity index (χ1v) is 4.85. The van der Waals surface area contributed by atoms with Gasteiger partial charge in [0.05, 0.1) is 11.0 Å². The van der Waals surface area contributed by atoms with Crippen LogP contribution in [0.2, 0.25) is 0 Å². The van der Waals surface area contributed by atoms with E-state index in [1.165, 1.54) is 12.1 Å². The molecule has 1 fully saturated rings. The molecule has 1 aromatic rings. The Morgan fingerprint density at radius 3 is 2.87 bits per heavy atom. The fourth-order valence-electron chi connectivity index (χ4n) is 1.87. The van der Waals surface area contributed by atoms with Crippen LogP contribution < -0.4 is 5.32 Å². The summed E-state index contributed by atoms with van der Waals surface area (Å²) in [5.41, 5.74) is 0.484. The number of non-ortho nitro benzene ring substituents is 1. The molecule has 4 nitrogen and oxygen atoms in total. The van der Waals surface area contributed by atoms with Gasteiger partial charge in [0, 0.05) is 12.1 Å². The maximum atomic E-state index is 13.1. The van der Waals surface area contributed by atoms with Crippen LogP contribution >= 0.6 is 0 Å². The Morgan fingerprint density at radius 2 is 2.27 bits per heavy atom. The number of rotatable bonds is 2. The molecule has 1 aromatic carbocycles. The Kier molecular flexibility index (Phi) is 2.64. The van der Waals surface area contributed by atoms with Crippen LogP contribution in [0.15, 0.2) is 18.2 Å². The highest BCUT2D eigenvalue weighted by atomic mass is 19.1. The molecule has 0 bridgehead atoms. The van der Waals surface area contributed by atoms with Crippen LogP contribution in [0.3, 0.4) is 0 Å². The zero-order valence-corrected chi connectivity index (χ0v) is 8.07. The highest BCUT2D eigenvalue weighted by Gasteiger charge is 2.19. The van der Waals surface area contributed by atoms with E-state index in [1.807, 2.05) is 0 Å². The smallest absolute Gasteiger partial charge is 0.272 e. The van der Waals surface area contributed by atoms with Crippen molar-refractivity contribution in [3.05, 3.63) is 39.7 Å². The molecule has 80 valence electrons. The first kappa shape index (κ1) is 10.0. The minimum atomic E-state index is -0.568. The van der Waals surface area contributed by atoms with Crippen molar-refractivity contribution < 1.29 is 9.31 Å². The third kappa shape index (κ3) is 2.12. The fraction of sp³-hybridized carbons (Fsp3) is 0.400. The predicted molar refractivity (Wildman–Crippen MR) is 53.0 cm³/mol. The first-order chi connectivity index (χ1) is 7.16. The molecule has 0 aliphatic carbocycles. The van der Waals surface area contributed by atoms with Crippen molar-refractivity contribution in [1.29, 1.82) is 0 Å². The van der Waals surface area contributed by atoms with E-state index in [1.54, 1.807) is 0 Å². The number of halogens is 1. The topological polar surface area (TPSA) is 55.2 Å². The molecule has 1 aliphatic heterocycles. The average molecular weight is 210 g/mol. The average Bonchev–Trinajstić information content (AvgIpc) is 2.69. The third-order valence-electron chi connectivity index (χ3n) is 2.58. The van der Waals surface area contributed by atoms with E-state index in [9.17, 15) is 14.5 Å². The second kappa shape index (κ2) is 3.94. The summed E-state index contributed by atoms with van der Waals surface area (Å²) in [4.78, 5) is 9.97. The summed E-state index contributed by atoms with van der Waals surface area (Å²) in [7, 11) is 0. The SMILES string of the molecule is O=[N+]([O-])c1cc(F)cc(C2CCCN2)c1. The minimum Gasteiger partial charge on any atom is -0.310 e. The third-order valence-corrected chi connectivity index (χ3v) is 2.58. The Morgan fingerprint density at radius 1 is 1.47 bits per heavy atom. The van der Waals surface area contributed by atoms with Crippen LogP contribution in [-0.2, 0) is 0 Å². The maximum Gasteiger partial charge on any atom is 0.272 e. The summed E-state index contributed by atoms with van der Waals surface area (Å²) >= 11 is 0. The van der Waals surface area contributed by atoms with Crippen molar-refractivity contribution in [2.24, 2.45) is 0 Å². The lowest BCUT2D eigenvalue weighted by Crippen LogP contribution is -2.13. The van der Waals surface area contributed by atoms with Crippen molar-refractivity contribution in [3.8, 4) is 0 Å². The van der Waals surface area contributed by atoms with E-state index in [-0.39, 0.29) is 11.7 Å². The van der Waals surface area contributed by atoms with Crippen LogP contribution in [-0.4, -0.2) is 11.5 Å². The van der Waals surface area contributed by atoms with Gasteiger partial charge in [0.15, 0.2) is 0 Å². The molecule has 5 heteroatoms. The standard InChI is InChI=1S/C10H11FN2O2/c11-8-4-7(10-2-1-3-12-10)5-9(6-8)13(14)15/h4-6,10,12H,1-3H2. The van der Waals surface area contributed by atoms with Gasteiger partial charge in [0.1, 0.15) is 5.82 Å². The van der Waals surface area contributed by atoms with Crippen molar-refractivity contribution in [1.82, 2.24) is 5.32 Å². The molecular weight excluding hydrogens is 199 g/mol. The Balaban J connectivity index is 2.34. The molecule has 1 saturated heterocycles. The highest BCUT2D eigenvalue weighted by molar-refractivity contribution is 5.37. The lowest BCUT2D eigenvalue weighted by molar-refractivity contribution is -0.385. The molecule has 1 heterocycles. The van der Waals surface area contributed by atoms with Crippen molar-refractivity contribution in [2.45, 2.75) is 18.9 Å². The fourth-order valence-corrected chi connectivity index (χ4v) is 1.87. The monoisotopic (exact) mass is 210 g/mol. The van der Waals surface area contributed by atoms with Crippen molar-refractivity contribution >= 4 is 5.69 Å². The Hall–Kier alpha value is -1.49. The van der Waals surface area contributed by atoms with Gasteiger partial charge in [0.25, 0.3) is 5.69 Å². The largest absolute Gasteiger partial charge is 0.310 e. The van der Waals surface area contributed by atoms with E-state index < -0.39 is 10.7 Å². The second-order valence-corrected chi connectivity index (χ2v) is 3.65. The normalized spacial score (nSPS) is 20.5. The van der Waals surface area contributed by atoms with Crippen molar-refractivity contribution in [2.75, 3.05) is 6.54 Å². The predicted octanol–water partition coefficient (Wildman–Crippen LogP) is 2.16. The zero-order chi connectivity index (χ0) is 10.8. The Labute approximate surface area is 86.3 Å². The van der Waals surface area contributed by atoms with Gasteiger partial charge in [-0.05, 0) is 31.0 Å². The maximum absolute atomic E-state index is 13.1. The van der Waals surface area contributed by atoms with Crippen LogP contribution in [0.1, 0.15) is 24.4 Å². The van der Waals surface area contributed by atoms with E-state index in [0.717, 1.165) is 25.5 Å². The van der Waals surface area contributed by atoms with Crippen molar-refractivity contribution in [3.63, 3.8) is 0 Å². The van der Waals surface area contributed by atoms with Gasteiger partial charge < -0.3 is 5.32 Å². The van der Waals surface area contributed by atoms with Gasteiger partial charge in [-0.3, -0.25) is 10.1 Å². The van der Waals surface area contributed by atoms with E-state index in [0.29, 0.717) is 5.56 Å². The summed E-state index contributed by atoms with van der Waals surface area (Å²) in [5.74, 6) is -0.548. The second-order valence-electron chi connectivity index (χ2n) is 3.65. The van der Waals surface area contributed by atoms with Crippen LogP contribution in [0.5, 0.6) is 0 Å². The molecule has 15 heavy (non-hydrogen) atoms. The zero-order valence-electron chi connectivity index (χ0n) is 8.07. The minimum absolute atomic E-state index is 0.0550. The number of nitrogens with zero attached hydrogens (tertiary/aromatic N) is 1. The van der Waals surface area contributed by atoms with Gasteiger partial charge in [-0.15, -0.1) is 0 Å². The molecule has 0 radical (unpaired) electrons. The molecular formula is C10H11FN2O2. The number of nitro benzene ring substituents is 1. The summed E-state index contributed by atoms with van der Waals surface area (Å²) in [6.45, 7) is 0.884. The van der Waals surface area contributed by atoms with E-state index >= 15 is 0 Å². The lowest BCUT2D eigenvalue weighted by Gasteiger charge is -2.09. The first-order valence-electron chi connectivity index (χ1n) is 4.85. The highest BCUT2D eigenvalue weighted by Crippen LogP contribution is 2.26. The molecule has 1 unspecified atom stereocenters. The summed E-state index contributed by atoms with van der Waals surface area (Å²) in [6, 6.07) is 3.79. The van der Waals surface area contributed by atoms with Gasteiger partial charge in [-0.2, -0.15) is 0 Å². The Bertz CT molecular complexity index is 389. The van der Waals surface area contributed by atoms with E-state index in [2.05, 4.69) is 5.32 Å².